The summed E-state index contributed by atoms with van der Waals surface area (Å²) in [5.41, 5.74) is 0.668. The van der Waals surface area contributed by atoms with Crippen molar-refractivity contribution in [2.75, 3.05) is 0 Å². The maximum Gasteiger partial charge on any atom is 0.214 e. The van der Waals surface area contributed by atoms with Crippen LogP contribution in [0.25, 0.3) is 11.3 Å². The van der Waals surface area contributed by atoms with Gasteiger partial charge < -0.3 is 9.84 Å². The van der Waals surface area contributed by atoms with Gasteiger partial charge in [-0.15, -0.1) is 0 Å². The first-order valence-electron chi connectivity index (χ1n) is 7.16. The Morgan fingerprint density at radius 1 is 0.960 bits per heavy atom. The second-order valence-electron chi connectivity index (χ2n) is 5.17. The van der Waals surface area contributed by atoms with Crippen molar-refractivity contribution in [2.45, 2.75) is 6.61 Å². The Morgan fingerprint density at radius 3 is 2.36 bits per heavy atom. The van der Waals surface area contributed by atoms with E-state index in [2.05, 4.69) is 4.98 Å². The summed E-state index contributed by atoms with van der Waals surface area (Å²) in [4.78, 5) is 4.13. The minimum Gasteiger partial charge on any atom is -0.503 e. The predicted molar refractivity (Wildman–Crippen MR) is 87.0 cm³/mol. The molecule has 0 amide bonds. The quantitative estimate of drug-likeness (QED) is 0.699. The van der Waals surface area contributed by atoms with E-state index in [0.717, 1.165) is 12.1 Å². The predicted octanol–water partition coefficient (Wildman–Crippen LogP) is 5.10. The molecule has 0 spiro atoms. The highest BCUT2D eigenvalue weighted by Crippen LogP contribution is 2.28. The van der Waals surface area contributed by atoms with Gasteiger partial charge in [-0.1, -0.05) is 23.7 Å². The van der Waals surface area contributed by atoms with Crippen molar-refractivity contribution >= 4 is 11.6 Å². The molecule has 0 atom stereocenters. The summed E-state index contributed by atoms with van der Waals surface area (Å²) in [7, 11) is 0. The lowest BCUT2D eigenvalue weighted by atomic mass is 10.1. The maximum atomic E-state index is 13.7. The number of benzene rings is 2. The molecule has 7 heteroatoms. The van der Waals surface area contributed by atoms with Crippen molar-refractivity contribution in [1.29, 1.82) is 0 Å². The number of aromatic nitrogens is 1. The van der Waals surface area contributed by atoms with Crippen molar-refractivity contribution in [3.63, 3.8) is 0 Å². The van der Waals surface area contributed by atoms with Crippen LogP contribution in [0.15, 0.2) is 48.5 Å². The fourth-order valence-corrected chi connectivity index (χ4v) is 2.32. The molecule has 1 N–H and O–H groups in total. The van der Waals surface area contributed by atoms with Gasteiger partial charge in [-0.25, -0.2) is 18.2 Å². The third-order valence-electron chi connectivity index (χ3n) is 3.43. The van der Waals surface area contributed by atoms with Crippen LogP contribution in [0.1, 0.15) is 5.56 Å². The van der Waals surface area contributed by atoms with Crippen LogP contribution < -0.4 is 4.74 Å². The number of phenolic OH excluding ortho intramolecular Hbond substituents is 1. The molecule has 3 rings (SSSR count). The van der Waals surface area contributed by atoms with Crippen LogP contribution in [-0.2, 0) is 6.61 Å². The fraction of sp³-hybridized carbons (Fsp3) is 0.0556. The van der Waals surface area contributed by atoms with E-state index in [1.54, 1.807) is 6.07 Å². The van der Waals surface area contributed by atoms with Crippen LogP contribution >= 0.6 is 11.6 Å². The first kappa shape index (κ1) is 17.1. The SMILES string of the molecule is Oc1c(F)cc(-c2cccc(OCc3ccc(Cl)cc3F)n2)cc1F. The molecule has 1 aromatic heterocycles. The van der Waals surface area contributed by atoms with Crippen LogP contribution in [0.5, 0.6) is 11.6 Å². The van der Waals surface area contributed by atoms with Gasteiger partial charge in [-0.05, 0) is 30.3 Å². The van der Waals surface area contributed by atoms with Crippen LogP contribution in [-0.4, -0.2) is 10.1 Å². The summed E-state index contributed by atoms with van der Waals surface area (Å²) in [6.45, 7) is -0.0856. The zero-order valence-corrected chi connectivity index (χ0v) is 13.4. The van der Waals surface area contributed by atoms with Gasteiger partial charge in [0.25, 0.3) is 0 Å². The number of ether oxygens (including phenoxy) is 1. The zero-order chi connectivity index (χ0) is 18.0. The third kappa shape index (κ3) is 3.85. The van der Waals surface area contributed by atoms with Gasteiger partial charge in [0, 0.05) is 22.2 Å². The number of halogens is 4. The molecule has 128 valence electrons. The number of aromatic hydroxyl groups is 1. The molecule has 1 heterocycles. The zero-order valence-electron chi connectivity index (χ0n) is 12.6. The van der Waals surface area contributed by atoms with E-state index < -0.39 is 23.2 Å². The Labute approximate surface area is 146 Å². The van der Waals surface area contributed by atoms with Gasteiger partial charge in [-0.2, -0.15) is 0 Å². The Morgan fingerprint density at radius 2 is 1.68 bits per heavy atom. The minimum atomic E-state index is -1.09. The molecule has 0 bridgehead atoms. The summed E-state index contributed by atoms with van der Waals surface area (Å²) in [6.07, 6.45) is 0. The van der Waals surface area contributed by atoms with E-state index in [1.165, 1.54) is 30.3 Å². The summed E-state index contributed by atoms with van der Waals surface area (Å²) >= 11 is 5.69. The average Bonchev–Trinajstić information content (AvgIpc) is 2.59. The van der Waals surface area contributed by atoms with Crippen LogP contribution in [0.4, 0.5) is 13.2 Å². The molecule has 0 aliphatic rings. The molecule has 0 fully saturated rings. The normalized spacial score (nSPS) is 10.7. The Balaban J connectivity index is 1.82. The first-order valence-corrected chi connectivity index (χ1v) is 7.54. The van der Waals surface area contributed by atoms with Gasteiger partial charge in [-0.3, -0.25) is 0 Å². The van der Waals surface area contributed by atoms with Gasteiger partial charge >= 0.3 is 0 Å². The highest BCUT2D eigenvalue weighted by molar-refractivity contribution is 6.30. The number of pyridine rings is 1. The maximum absolute atomic E-state index is 13.7. The standard InChI is InChI=1S/C18H11ClF3NO2/c19-12-5-4-10(13(20)8-12)9-25-17-3-1-2-16(23-17)11-6-14(21)18(24)15(22)7-11/h1-8,24H,9H2. The Hall–Kier alpha value is -2.73. The third-order valence-corrected chi connectivity index (χ3v) is 3.66. The molecular weight excluding hydrogens is 355 g/mol. The molecule has 3 nitrogen and oxygen atoms in total. The van der Waals surface area contributed by atoms with Crippen molar-refractivity contribution in [1.82, 2.24) is 4.98 Å². The monoisotopic (exact) mass is 365 g/mol. The second-order valence-corrected chi connectivity index (χ2v) is 5.61. The fourth-order valence-electron chi connectivity index (χ4n) is 2.16. The Kier molecular flexibility index (Phi) is 4.81. The highest BCUT2D eigenvalue weighted by atomic mass is 35.5. The topological polar surface area (TPSA) is 42.4 Å². The average molecular weight is 366 g/mol. The smallest absolute Gasteiger partial charge is 0.214 e. The lowest BCUT2D eigenvalue weighted by Gasteiger charge is -2.09. The molecule has 0 saturated heterocycles. The Bertz CT molecular complexity index is 911. The summed E-state index contributed by atoms with van der Waals surface area (Å²) < 4.78 is 46.1. The van der Waals surface area contributed by atoms with Gasteiger partial charge in [0.05, 0.1) is 5.69 Å². The molecule has 0 aliphatic carbocycles. The van der Waals surface area contributed by atoms with E-state index in [9.17, 15) is 13.2 Å². The molecule has 25 heavy (non-hydrogen) atoms. The summed E-state index contributed by atoms with van der Waals surface area (Å²) in [5, 5.41) is 9.42. The van der Waals surface area contributed by atoms with E-state index in [1.807, 2.05) is 0 Å². The number of hydrogen-bond donors (Lipinski definition) is 1. The largest absolute Gasteiger partial charge is 0.503 e. The van der Waals surface area contributed by atoms with Gasteiger partial charge in [0.15, 0.2) is 17.4 Å². The van der Waals surface area contributed by atoms with E-state index in [0.29, 0.717) is 5.56 Å². The molecule has 0 unspecified atom stereocenters. The molecule has 0 aliphatic heterocycles. The van der Waals surface area contributed by atoms with E-state index >= 15 is 0 Å². The minimum absolute atomic E-state index is 0.0856. The summed E-state index contributed by atoms with van der Waals surface area (Å²) in [5.74, 6) is -3.58. The van der Waals surface area contributed by atoms with Gasteiger partial charge in [0.1, 0.15) is 12.4 Å². The highest BCUT2D eigenvalue weighted by Gasteiger charge is 2.12. The van der Waals surface area contributed by atoms with E-state index in [-0.39, 0.29) is 28.8 Å². The molecule has 3 aromatic rings. The molecule has 2 aromatic carbocycles. The number of rotatable bonds is 4. The summed E-state index contributed by atoms with van der Waals surface area (Å²) in [6, 6.07) is 10.8. The van der Waals surface area contributed by atoms with Crippen molar-refractivity contribution in [3.05, 3.63) is 76.6 Å². The first-order chi connectivity index (χ1) is 11.9. The van der Waals surface area contributed by atoms with Crippen LogP contribution in [0.2, 0.25) is 5.02 Å². The van der Waals surface area contributed by atoms with Crippen LogP contribution in [0, 0.1) is 17.5 Å². The second kappa shape index (κ2) is 7.03. The molecule has 0 saturated carbocycles. The lowest BCUT2D eigenvalue weighted by Crippen LogP contribution is -2.00. The number of hydrogen-bond acceptors (Lipinski definition) is 3. The van der Waals surface area contributed by atoms with Gasteiger partial charge in [0.2, 0.25) is 5.88 Å². The van der Waals surface area contributed by atoms with E-state index in [4.69, 9.17) is 21.4 Å². The molecular formula is C18H11ClF3NO2. The van der Waals surface area contributed by atoms with Crippen molar-refractivity contribution in [3.8, 4) is 22.9 Å². The number of phenols is 1. The van der Waals surface area contributed by atoms with Crippen molar-refractivity contribution in [2.24, 2.45) is 0 Å². The van der Waals surface area contributed by atoms with Crippen LogP contribution in [0.3, 0.4) is 0 Å². The number of nitrogens with zero attached hydrogens (tertiary/aromatic N) is 1. The van der Waals surface area contributed by atoms with Crippen molar-refractivity contribution < 1.29 is 23.0 Å². The lowest BCUT2D eigenvalue weighted by molar-refractivity contribution is 0.288. The molecule has 0 radical (unpaired) electrons.